The molecule has 1 amide bonds. The van der Waals surface area contributed by atoms with Crippen LogP contribution in [0.2, 0.25) is 0 Å². The number of anilines is 1. The number of amides is 1. The van der Waals surface area contributed by atoms with Crippen LogP contribution in [0.4, 0.5) is 10.1 Å². The maximum atomic E-state index is 13.8. The summed E-state index contributed by atoms with van der Waals surface area (Å²) in [4.78, 5) is 16.6. The molecular weight excluding hydrogens is 303 g/mol. The Hall–Kier alpha value is -2.20. The van der Waals surface area contributed by atoms with Gasteiger partial charge in [0, 0.05) is 25.3 Å². The quantitative estimate of drug-likeness (QED) is 0.859. The first-order chi connectivity index (χ1) is 11.5. The first kappa shape index (κ1) is 16.7. The first-order valence-electron chi connectivity index (χ1n) is 8.33. The highest BCUT2D eigenvalue weighted by atomic mass is 19.1. The standard InChI is InChI=1S/C20H23FN2O/c1-14-5-4-6-17(11-14)13-22-9-10-23(20(24)16(22)3)18-8-7-15(2)19(21)12-18/h4-8,11-12,16H,9-10,13H2,1-3H3. The second-order valence-electron chi connectivity index (χ2n) is 6.56. The monoisotopic (exact) mass is 326 g/mol. The third-order valence-electron chi connectivity index (χ3n) is 4.72. The third kappa shape index (κ3) is 3.34. The third-order valence-corrected chi connectivity index (χ3v) is 4.72. The van der Waals surface area contributed by atoms with E-state index in [1.54, 1.807) is 17.9 Å². The summed E-state index contributed by atoms with van der Waals surface area (Å²) in [7, 11) is 0. The van der Waals surface area contributed by atoms with Crippen LogP contribution in [0.1, 0.15) is 23.6 Å². The van der Waals surface area contributed by atoms with Crippen LogP contribution in [0.15, 0.2) is 42.5 Å². The zero-order chi connectivity index (χ0) is 17.3. The summed E-state index contributed by atoms with van der Waals surface area (Å²) in [5, 5.41) is 0. The molecule has 0 aliphatic carbocycles. The van der Waals surface area contributed by atoms with Crippen LogP contribution in [0.3, 0.4) is 0 Å². The van der Waals surface area contributed by atoms with Gasteiger partial charge in [-0.05, 0) is 44.0 Å². The number of nitrogens with zero attached hydrogens (tertiary/aromatic N) is 2. The van der Waals surface area contributed by atoms with E-state index in [0.29, 0.717) is 17.8 Å². The fraction of sp³-hybridized carbons (Fsp3) is 0.350. The van der Waals surface area contributed by atoms with E-state index < -0.39 is 0 Å². The van der Waals surface area contributed by atoms with Gasteiger partial charge in [-0.3, -0.25) is 9.69 Å². The Morgan fingerprint density at radius 3 is 2.62 bits per heavy atom. The van der Waals surface area contributed by atoms with E-state index in [9.17, 15) is 9.18 Å². The van der Waals surface area contributed by atoms with Crippen LogP contribution < -0.4 is 4.90 Å². The molecule has 0 spiro atoms. The molecule has 1 saturated heterocycles. The van der Waals surface area contributed by atoms with Crippen LogP contribution in [-0.4, -0.2) is 29.9 Å². The lowest BCUT2D eigenvalue weighted by atomic mass is 10.1. The molecule has 0 radical (unpaired) electrons. The molecule has 3 nitrogen and oxygen atoms in total. The first-order valence-corrected chi connectivity index (χ1v) is 8.33. The SMILES string of the molecule is Cc1cccc(CN2CCN(c3ccc(C)c(F)c3)C(=O)C2C)c1. The lowest BCUT2D eigenvalue weighted by molar-refractivity contribution is -0.125. The smallest absolute Gasteiger partial charge is 0.244 e. The fourth-order valence-electron chi connectivity index (χ4n) is 3.18. The van der Waals surface area contributed by atoms with Crippen molar-refractivity contribution in [1.82, 2.24) is 4.90 Å². The molecule has 4 heteroatoms. The molecular formula is C20H23FN2O. The van der Waals surface area contributed by atoms with Gasteiger partial charge in [-0.1, -0.05) is 35.9 Å². The zero-order valence-electron chi connectivity index (χ0n) is 14.4. The molecule has 0 saturated carbocycles. The highest BCUT2D eigenvalue weighted by Crippen LogP contribution is 2.23. The summed E-state index contributed by atoms with van der Waals surface area (Å²) in [5.41, 5.74) is 3.67. The summed E-state index contributed by atoms with van der Waals surface area (Å²) in [6, 6.07) is 13.1. The summed E-state index contributed by atoms with van der Waals surface area (Å²) in [6.45, 7) is 7.83. The van der Waals surface area contributed by atoms with Gasteiger partial charge in [0.15, 0.2) is 0 Å². The average Bonchev–Trinajstić information content (AvgIpc) is 2.55. The van der Waals surface area contributed by atoms with Gasteiger partial charge in [-0.15, -0.1) is 0 Å². The lowest BCUT2D eigenvalue weighted by Crippen LogP contribution is -2.55. The lowest BCUT2D eigenvalue weighted by Gasteiger charge is -2.39. The molecule has 1 aliphatic heterocycles. The number of hydrogen-bond donors (Lipinski definition) is 0. The number of halogens is 1. The Balaban J connectivity index is 1.74. The molecule has 1 atom stereocenters. The molecule has 24 heavy (non-hydrogen) atoms. The Morgan fingerprint density at radius 2 is 1.92 bits per heavy atom. The number of rotatable bonds is 3. The number of piperazine rings is 1. The Kier molecular flexibility index (Phi) is 4.67. The van der Waals surface area contributed by atoms with Crippen LogP contribution in [0.5, 0.6) is 0 Å². The number of aryl methyl sites for hydroxylation is 2. The van der Waals surface area contributed by atoms with Crippen molar-refractivity contribution in [2.75, 3.05) is 18.0 Å². The molecule has 0 N–H and O–H groups in total. The van der Waals surface area contributed by atoms with E-state index in [4.69, 9.17) is 0 Å². The molecule has 2 aromatic carbocycles. The van der Waals surface area contributed by atoms with Gasteiger partial charge in [-0.2, -0.15) is 0 Å². The molecule has 1 heterocycles. The van der Waals surface area contributed by atoms with Gasteiger partial charge >= 0.3 is 0 Å². The van der Waals surface area contributed by atoms with Gasteiger partial charge in [0.25, 0.3) is 0 Å². The molecule has 3 rings (SSSR count). The average molecular weight is 326 g/mol. The van der Waals surface area contributed by atoms with E-state index in [1.165, 1.54) is 17.2 Å². The van der Waals surface area contributed by atoms with Gasteiger partial charge in [0.05, 0.1) is 6.04 Å². The van der Waals surface area contributed by atoms with Gasteiger partial charge in [0.1, 0.15) is 5.82 Å². The fourth-order valence-corrected chi connectivity index (χ4v) is 3.18. The number of benzene rings is 2. The van der Waals surface area contributed by atoms with Crippen LogP contribution in [-0.2, 0) is 11.3 Å². The minimum Gasteiger partial charge on any atom is -0.310 e. The highest BCUT2D eigenvalue weighted by molar-refractivity contribution is 5.97. The second kappa shape index (κ2) is 6.73. The molecule has 1 aliphatic rings. The van der Waals surface area contributed by atoms with Crippen LogP contribution in [0, 0.1) is 19.7 Å². The van der Waals surface area contributed by atoms with Crippen molar-refractivity contribution >= 4 is 11.6 Å². The minimum absolute atomic E-state index is 0.0251. The van der Waals surface area contributed by atoms with Crippen molar-refractivity contribution in [2.24, 2.45) is 0 Å². The van der Waals surface area contributed by atoms with E-state index >= 15 is 0 Å². The predicted octanol–water partition coefficient (Wildman–Crippen LogP) is 3.68. The molecule has 0 bridgehead atoms. The maximum Gasteiger partial charge on any atom is 0.244 e. The van der Waals surface area contributed by atoms with Crippen molar-refractivity contribution in [3.63, 3.8) is 0 Å². The summed E-state index contributed by atoms with van der Waals surface area (Å²) in [5.74, 6) is -0.243. The Bertz CT molecular complexity index is 759. The van der Waals surface area contributed by atoms with E-state index in [-0.39, 0.29) is 17.8 Å². The minimum atomic E-state index is -0.268. The van der Waals surface area contributed by atoms with Crippen molar-refractivity contribution in [2.45, 2.75) is 33.4 Å². The molecule has 1 unspecified atom stereocenters. The van der Waals surface area contributed by atoms with E-state index in [0.717, 1.165) is 13.1 Å². The highest BCUT2D eigenvalue weighted by Gasteiger charge is 2.32. The van der Waals surface area contributed by atoms with E-state index in [2.05, 4.69) is 30.0 Å². The van der Waals surface area contributed by atoms with E-state index in [1.807, 2.05) is 19.1 Å². The second-order valence-corrected chi connectivity index (χ2v) is 6.56. The summed E-state index contributed by atoms with van der Waals surface area (Å²) < 4.78 is 13.8. The summed E-state index contributed by atoms with van der Waals surface area (Å²) in [6.07, 6.45) is 0. The Labute approximate surface area is 142 Å². The van der Waals surface area contributed by atoms with Crippen LogP contribution >= 0.6 is 0 Å². The molecule has 0 aromatic heterocycles. The zero-order valence-corrected chi connectivity index (χ0v) is 14.4. The predicted molar refractivity (Wildman–Crippen MR) is 94.5 cm³/mol. The maximum absolute atomic E-state index is 13.8. The Morgan fingerprint density at radius 1 is 1.12 bits per heavy atom. The van der Waals surface area contributed by atoms with Crippen molar-refractivity contribution < 1.29 is 9.18 Å². The van der Waals surface area contributed by atoms with Gasteiger partial charge < -0.3 is 4.90 Å². The number of carbonyl (C=O) groups is 1. The molecule has 2 aromatic rings. The normalized spacial score (nSPS) is 18.9. The van der Waals surface area contributed by atoms with Crippen molar-refractivity contribution in [3.8, 4) is 0 Å². The number of carbonyl (C=O) groups excluding carboxylic acids is 1. The topological polar surface area (TPSA) is 23.6 Å². The molecule has 126 valence electrons. The molecule has 1 fully saturated rings. The van der Waals surface area contributed by atoms with Crippen molar-refractivity contribution in [1.29, 1.82) is 0 Å². The van der Waals surface area contributed by atoms with Gasteiger partial charge in [-0.25, -0.2) is 4.39 Å². The van der Waals surface area contributed by atoms with Crippen molar-refractivity contribution in [3.05, 3.63) is 65.0 Å². The summed E-state index contributed by atoms with van der Waals surface area (Å²) >= 11 is 0. The largest absolute Gasteiger partial charge is 0.310 e. The van der Waals surface area contributed by atoms with Crippen LogP contribution in [0.25, 0.3) is 0 Å². The van der Waals surface area contributed by atoms with Gasteiger partial charge in [0.2, 0.25) is 5.91 Å². The number of hydrogen-bond acceptors (Lipinski definition) is 2.